The average Bonchev–Trinajstić information content (AvgIpc) is 3.34. The molecule has 2 unspecified atom stereocenters. The molecular formula is C24H25BF2N6O4. The summed E-state index contributed by atoms with van der Waals surface area (Å²) in [6.45, 7) is 2.51. The molecule has 1 aromatic carbocycles. The Hall–Kier alpha value is -3.42. The van der Waals surface area contributed by atoms with Gasteiger partial charge in [0.1, 0.15) is 17.3 Å². The van der Waals surface area contributed by atoms with E-state index in [9.17, 15) is 18.4 Å². The van der Waals surface area contributed by atoms with Crippen LogP contribution in [0.15, 0.2) is 35.1 Å². The molecule has 1 aliphatic carbocycles. The number of piperazine rings is 1. The van der Waals surface area contributed by atoms with Crippen LogP contribution >= 0.6 is 0 Å². The average molecular weight is 510 g/mol. The molecule has 3 aromatic rings. The number of fused-ring (bicyclic) bond motifs is 1. The summed E-state index contributed by atoms with van der Waals surface area (Å²) in [6.07, 6.45) is 2.63. The normalized spacial score (nSPS) is 20.9. The fourth-order valence-corrected chi connectivity index (χ4v) is 5.21. The van der Waals surface area contributed by atoms with Crippen LogP contribution < -0.4 is 15.8 Å². The van der Waals surface area contributed by atoms with Crippen LogP contribution in [-0.2, 0) is 0 Å². The summed E-state index contributed by atoms with van der Waals surface area (Å²) in [7, 11) is 4.91. The van der Waals surface area contributed by atoms with Crippen molar-refractivity contribution in [3.8, 4) is 0 Å². The second kappa shape index (κ2) is 9.80. The summed E-state index contributed by atoms with van der Waals surface area (Å²) in [6, 6.07) is 7.02. The number of carbonyl (C=O) groups is 1. The number of nitrogens with one attached hydrogen (secondary N) is 2. The maximum Gasteiger partial charge on any atom is 0.273 e. The van der Waals surface area contributed by atoms with Gasteiger partial charge in [0, 0.05) is 38.1 Å². The summed E-state index contributed by atoms with van der Waals surface area (Å²) in [5, 5.41) is 20.1. The van der Waals surface area contributed by atoms with Crippen molar-refractivity contribution in [3.63, 3.8) is 0 Å². The Morgan fingerprint density at radius 1 is 1.11 bits per heavy atom. The lowest BCUT2D eigenvalue weighted by Crippen LogP contribution is -2.50. The quantitative estimate of drug-likeness (QED) is 0.222. The van der Waals surface area contributed by atoms with Gasteiger partial charge < -0.3 is 25.4 Å². The molecule has 0 bridgehead atoms. The standard InChI is InChI=1S/C24H25BF2N6O4/c25-24(36,37)31-23(35)18-5-6-19(20(27)28-18)33-9-7-32(8-10-33)15-3-1-13(11-15)21-29-17-4-2-14(26)12-16(17)22(34)30-21/h2,4-6,12-13,15,36-37H,1,3,7-11H2,(H,31,35)(H,29,30,34). The molecule has 192 valence electrons. The number of H-pyrrole nitrogens is 1. The zero-order valence-corrected chi connectivity index (χ0v) is 19.8. The predicted molar refractivity (Wildman–Crippen MR) is 131 cm³/mol. The molecule has 3 heterocycles. The third-order valence-electron chi connectivity index (χ3n) is 7.01. The number of aromatic nitrogens is 3. The fourth-order valence-electron chi connectivity index (χ4n) is 5.21. The van der Waals surface area contributed by atoms with Gasteiger partial charge in [-0.2, -0.15) is 4.39 Å². The lowest BCUT2D eigenvalue weighted by Gasteiger charge is -2.39. The van der Waals surface area contributed by atoms with Crippen molar-refractivity contribution in [2.45, 2.75) is 37.0 Å². The van der Waals surface area contributed by atoms with E-state index in [0.717, 1.165) is 19.3 Å². The molecule has 2 atom stereocenters. The second-order valence-electron chi connectivity index (χ2n) is 9.49. The van der Waals surface area contributed by atoms with E-state index in [1.807, 2.05) is 4.90 Å². The van der Waals surface area contributed by atoms with E-state index in [-0.39, 0.29) is 28.2 Å². The molecule has 4 N–H and O–H groups in total. The molecule has 10 nitrogen and oxygen atoms in total. The van der Waals surface area contributed by atoms with Gasteiger partial charge in [0.15, 0.2) is 13.7 Å². The Labute approximate surface area is 211 Å². The van der Waals surface area contributed by atoms with Crippen LogP contribution in [-0.4, -0.2) is 81.8 Å². The molecule has 2 radical (unpaired) electrons. The molecule has 0 spiro atoms. The summed E-state index contributed by atoms with van der Waals surface area (Å²) >= 11 is 0. The second-order valence-corrected chi connectivity index (χ2v) is 9.49. The van der Waals surface area contributed by atoms with Crippen molar-refractivity contribution < 1.29 is 23.8 Å². The Morgan fingerprint density at radius 3 is 2.57 bits per heavy atom. The van der Waals surface area contributed by atoms with E-state index in [2.05, 4.69) is 19.9 Å². The van der Waals surface area contributed by atoms with E-state index >= 15 is 0 Å². The molecule has 2 aliphatic rings. The van der Waals surface area contributed by atoms with E-state index in [0.29, 0.717) is 43.6 Å². The van der Waals surface area contributed by atoms with Gasteiger partial charge in [-0.1, -0.05) is 0 Å². The molecule has 1 amide bonds. The highest BCUT2D eigenvalue weighted by atomic mass is 19.1. The minimum Gasteiger partial charge on any atom is -0.365 e. The monoisotopic (exact) mass is 510 g/mol. The van der Waals surface area contributed by atoms with Gasteiger partial charge in [-0.05, 0) is 49.6 Å². The predicted octanol–water partition coefficient (Wildman–Crippen LogP) is 0.549. The molecule has 2 fully saturated rings. The number of benzene rings is 1. The van der Waals surface area contributed by atoms with Crippen LogP contribution in [0.2, 0.25) is 0 Å². The molecular weight excluding hydrogens is 485 g/mol. The van der Waals surface area contributed by atoms with Crippen molar-refractivity contribution >= 4 is 30.3 Å². The van der Waals surface area contributed by atoms with Crippen LogP contribution in [0.25, 0.3) is 10.9 Å². The summed E-state index contributed by atoms with van der Waals surface area (Å²) in [5.74, 6) is -4.55. The number of hydrogen-bond donors (Lipinski definition) is 4. The van der Waals surface area contributed by atoms with Crippen LogP contribution in [0.3, 0.4) is 0 Å². The Morgan fingerprint density at radius 2 is 1.86 bits per heavy atom. The third-order valence-corrected chi connectivity index (χ3v) is 7.01. The van der Waals surface area contributed by atoms with Crippen molar-refractivity contribution in [2.24, 2.45) is 0 Å². The van der Waals surface area contributed by atoms with Gasteiger partial charge in [0.2, 0.25) is 5.95 Å². The van der Waals surface area contributed by atoms with Crippen LogP contribution in [0, 0.1) is 11.8 Å². The number of pyridine rings is 1. The van der Waals surface area contributed by atoms with Crippen molar-refractivity contribution in [3.05, 3.63) is 64.0 Å². The number of carbonyl (C=O) groups excluding carboxylic acids is 1. The number of hydrogen-bond acceptors (Lipinski definition) is 8. The molecule has 2 aromatic heterocycles. The topological polar surface area (TPSA) is 135 Å². The van der Waals surface area contributed by atoms with Crippen molar-refractivity contribution in [2.75, 3.05) is 31.1 Å². The highest BCUT2D eigenvalue weighted by Gasteiger charge is 2.34. The number of nitrogens with zero attached hydrogens (tertiary/aromatic N) is 4. The van der Waals surface area contributed by atoms with Crippen molar-refractivity contribution in [1.29, 1.82) is 0 Å². The van der Waals surface area contributed by atoms with E-state index in [1.54, 1.807) is 5.32 Å². The van der Waals surface area contributed by atoms with E-state index in [4.69, 9.17) is 18.1 Å². The number of halogens is 2. The number of anilines is 1. The highest BCUT2D eigenvalue weighted by Crippen LogP contribution is 2.36. The smallest absolute Gasteiger partial charge is 0.273 e. The molecule has 1 saturated heterocycles. The van der Waals surface area contributed by atoms with Gasteiger partial charge in [0.25, 0.3) is 11.5 Å². The molecule has 5 rings (SSSR count). The first-order valence-corrected chi connectivity index (χ1v) is 12.0. The summed E-state index contributed by atoms with van der Waals surface area (Å²) in [4.78, 5) is 39.6. The highest BCUT2D eigenvalue weighted by molar-refractivity contribution is 6.14. The first kappa shape index (κ1) is 25.2. The third kappa shape index (κ3) is 5.48. The minimum absolute atomic E-state index is 0.0932. The van der Waals surface area contributed by atoms with Gasteiger partial charge >= 0.3 is 0 Å². The van der Waals surface area contributed by atoms with Gasteiger partial charge in [-0.25, -0.2) is 14.4 Å². The molecule has 1 aliphatic heterocycles. The Kier molecular flexibility index (Phi) is 6.69. The maximum atomic E-state index is 14.7. The van der Waals surface area contributed by atoms with E-state index < -0.39 is 23.5 Å². The first-order valence-electron chi connectivity index (χ1n) is 12.0. The molecule has 37 heavy (non-hydrogen) atoms. The van der Waals surface area contributed by atoms with Crippen LogP contribution in [0.5, 0.6) is 0 Å². The zero-order valence-electron chi connectivity index (χ0n) is 19.8. The Balaban J connectivity index is 1.20. The minimum atomic E-state index is -2.93. The van der Waals surface area contributed by atoms with Gasteiger partial charge in [-0.15, -0.1) is 0 Å². The summed E-state index contributed by atoms with van der Waals surface area (Å²) < 4.78 is 28.2. The first-order chi connectivity index (χ1) is 17.6. The molecule has 1 saturated carbocycles. The maximum absolute atomic E-state index is 14.7. The van der Waals surface area contributed by atoms with Crippen LogP contribution in [0.4, 0.5) is 14.5 Å². The van der Waals surface area contributed by atoms with Gasteiger partial charge in [0.05, 0.1) is 16.6 Å². The van der Waals surface area contributed by atoms with Gasteiger partial charge in [-0.3, -0.25) is 14.5 Å². The lowest BCUT2D eigenvalue weighted by atomic mass is 10.0. The molecule has 13 heteroatoms. The fraction of sp³-hybridized carbons (Fsp3) is 0.417. The van der Waals surface area contributed by atoms with Crippen molar-refractivity contribution in [1.82, 2.24) is 25.2 Å². The number of aromatic amines is 1. The number of aliphatic hydroxyl groups is 2. The lowest BCUT2D eigenvalue weighted by molar-refractivity contribution is -0.102. The number of rotatable bonds is 5. The SMILES string of the molecule is [B]C(O)(O)NC(=O)c1ccc(N2CCN(C3CCC(c4nc5ccc(F)cc5c(=O)[nH]4)C3)CC2)c(F)n1. The van der Waals surface area contributed by atoms with Crippen LogP contribution in [0.1, 0.15) is 41.5 Å². The zero-order chi connectivity index (χ0) is 26.3. The van der Waals surface area contributed by atoms with E-state index in [1.165, 1.54) is 30.3 Å². The Bertz CT molecular complexity index is 1390. The largest absolute Gasteiger partial charge is 0.365 e. The summed E-state index contributed by atoms with van der Waals surface area (Å²) in [5.41, 5.74) is 0.0550. The number of amides is 1.